The Morgan fingerprint density at radius 1 is 1.33 bits per heavy atom. The van der Waals surface area contributed by atoms with Crippen LogP contribution in [0.5, 0.6) is 11.5 Å². The summed E-state index contributed by atoms with van der Waals surface area (Å²) in [6.07, 6.45) is 4.13. The topological polar surface area (TPSA) is 52.9 Å². The summed E-state index contributed by atoms with van der Waals surface area (Å²) in [5.74, 6) is 1.12. The Kier molecular flexibility index (Phi) is 1.98. The number of rotatable bonds is 0. The Morgan fingerprint density at radius 3 is 2.95 bits per heavy atom. The number of phenolic OH excluding ortho intramolecular Hbond substituents is 1. The predicted octanol–water partition coefficient (Wildman–Crippen LogP) is 1.72. The van der Waals surface area contributed by atoms with Gasteiger partial charge in [-0.2, -0.15) is 0 Å². The molecule has 21 heavy (non-hydrogen) atoms. The Labute approximate surface area is 123 Å². The molecule has 2 heterocycles. The van der Waals surface area contributed by atoms with Crippen molar-refractivity contribution in [2.75, 3.05) is 7.05 Å². The van der Waals surface area contributed by atoms with Gasteiger partial charge in [0.15, 0.2) is 11.5 Å². The minimum atomic E-state index is -0.602. The zero-order valence-corrected chi connectivity index (χ0v) is 12.2. The van der Waals surface area contributed by atoms with Gasteiger partial charge in [-0.25, -0.2) is 0 Å². The third kappa shape index (κ3) is 1.10. The van der Waals surface area contributed by atoms with Crippen molar-refractivity contribution in [3.8, 4) is 11.5 Å². The van der Waals surface area contributed by atoms with E-state index in [0.717, 1.165) is 12.0 Å². The second-order valence-corrected chi connectivity index (χ2v) is 6.98. The molecule has 2 aliphatic carbocycles. The molecule has 0 radical (unpaired) electrons. The molecular formula is C17H19NO3. The van der Waals surface area contributed by atoms with Crippen molar-refractivity contribution >= 4 is 0 Å². The van der Waals surface area contributed by atoms with Gasteiger partial charge in [-0.3, -0.25) is 4.90 Å². The highest BCUT2D eigenvalue weighted by atomic mass is 16.5. The second kappa shape index (κ2) is 3.45. The van der Waals surface area contributed by atoms with E-state index in [-0.39, 0.29) is 17.3 Å². The normalized spacial score (nSPS) is 45.6. The van der Waals surface area contributed by atoms with Crippen molar-refractivity contribution < 1.29 is 14.9 Å². The van der Waals surface area contributed by atoms with Gasteiger partial charge in [-0.15, -0.1) is 0 Å². The van der Waals surface area contributed by atoms with Crippen LogP contribution in [0.2, 0.25) is 0 Å². The summed E-state index contributed by atoms with van der Waals surface area (Å²) in [5, 5.41) is 20.7. The van der Waals surface area contributed by atoms with Crippen molar-refractivity contribution in [3.63, 3.8) is 0 Å². The van der Waals surface area contributed by atoms with Crippen LogP contribution in [0.25, 0.3) is 0 Å². The number of piperidine rings is 1. The molecule has 4 heteroatoms. The molecule has 0 amide bonds. The maximum atomic E-state index is 10.4. The first-order valence-corrected chi connectivity index (χ1v) is 7.67. The van der Waals surface area contributed by atoms with E-state index in [1.54, 1.807) is 6.07 Å². The van der Waals surface area contributed by atoms with Gasteiger partial charge in [0.05, 0.1) is 0 Å². The molecule has 110 valence electrons. The number of nitrogens with zero attached hydrogens (tertiary/aromatic N) is 1. The molecule has 1 aromatic carbocycles. The molecule has 4 nitrogen and oxygen atoms in total. The number of aliphatic hydroxyl groups is 1. The lowest BCUT2D eigenvalue weighted by molar-refractivity contribution is -0.0473. The smallest absolute Gasteiger partial charge is 0.165 e. The van der Waals surface area contributed by atoms with Gasteiger partial charge in [-0.05, 0) is 32.0 Å². The molecule has 1 spiro atoms. The molecule has 1 fully saturated rings. The first-order valence-electron chi connectivity index (χ1n) is 7.67. The van der Waals surface area contributed by atoms with E-state index in [9.17, 15) is 10.2 Å². The number of ether oxygens (including phenoxy) is 1. The first-order chi connectivity index (χ1) is 10.1. The van der Waals surface area contributed by atoms with Crippen molar-refractivity contribution in [2.24, 2.45) is 5.92 Å². The van der Waals surface area contributed by atoms with Gasteiger partial charge in [0.2, 0.25) is 0 Å². The van der Waals surface area contributed by atoms with Crippen molar-refractivity contribution in [2.45, 2.75) is 43.1 Å². The van der Waals surface area contributed by atoms with E-state index in [0.29, 0.717) is 23.8 Å². The van der Waals surface area contributed by atoms with Crippen LogP contribution in [-0.2, 0) is 5.41 Å². The second-order valence-electron chi connectivity index (χ2n) is 6.98. The number of hydrogen-bond acceptors (Lipinski definition) is 4. The van der Waals surface area contributed by atoms with Crippen molar-refractivity contribution in [3.05, 3.63) is 35.4 Å². The van der Waals surface area contributed by atoms with Gasteiger partial charge in [0.1, 0.15) is 12.2 Å². The van der Waals surface area contributed by atoms with Crippen LogP contribution in [-0.4, -0.2) is 40.4 Å². The van der Waals surface area contributed by atoms with Crippen LogP contribution in [0.15, 0.2) is 24.3 Å². The first kappa shape index (κ1) is 12.1. The number of benzene rings is 1. The number of phenols is 1. The zero-order chi connectivity index (χ0) is 14.5. The molecular weight excluding hydrogens is 266 g/mol. The molecule has 1 unspecified atom stereocenters. The minimum Gasteiger partial charge on any atom is -0.504 e. The largest absolute Gasteiger partial charge is 0.504 e. The highest BCUT2D eigenvalue weighted by Gasteiger charge is 2.67. The van der Waals surface area contributed by atoms with Gasteiger partial charge in [0.25, 0.3) is 0 Å². The van der Waals surface area contributed by atoms with E-state index >= 15 is 0 Å². The lowest BCUT2D eigenvalue weighted by Crippen LogP contribution is -2.59. The lowest BCUT2D eigenvalue weighted by atomic mass is 9.60. The van der Waals surface area contributed by atoms with E-state index in [1.165, 1.54) is 5.56 Å². The summed E-state index contributed by atoms with van der Waals surface area (Å²) in [6.45, 7) is 2.25. The maximum absolute atomic E-state index is 10.4. The van der Waals surface area contributed by atoms with Crippen LogP contribution in [0.4, 0.5) is 0 Å². The fourth-order valence-electron chi connectivity index (χ4n) is 5.35. The summed E-state index contributed by atoms with van der Waals surface area (Å²) in [5.41, 5.74) is 2.25. The summed E-state index contributed by atoms with van der Waals surface area (Å²) in [4.78, 5) is 2.43. The zero-order valence-electron chi connectivity index (χ0n) is 12.2. The quantitative estimate of drug-likeness (QED) is 0.713. The van der Waals surface area contributed by atoms with E-state index in [1.807, 2.05) is 12.1 Å². The predicted molar refractivity (Wildman–Crippen MR) is 77.4 cm³/mol. The average molecular weight is 285 g/mol. The van der Waals surface area contributed by atoms with E-state index in [4.69, 9.17) is 4.74 Å². The van der Waals surface area contributed by atoms with Crippen LogP contribution in [0.3, 0.4) is 0 Å². The molecule has 2 aliphatic heterocycles. The number of aromatic hydroxyl groups is 1. The number of hydrogen-bond donors (Lipinski definition) is 2. The average Bonchev–Trinajstić information content (AvgIpc) is 2.95. The monoisotopic (exact) mass is 285 g/mol. The molecule has 5 rings (SSSR count). The summed E-state index contributed by atoms with van der Waals surface area (Å²) in [6, 6.07) is 4.51. The summed E-state index contributed by atoms with van der Waals surface area (Å²) >= 11 is 0. The Balaban J connectivity index is 1.87. The van der Waals surface area contributed by atoms with Crippen molar-refractivity contribution in [1.29, 1.82) is 0 Å². The summed E-state index contributed by atoms with van der Waals surface area (Å²) in [7, 11) is 2.18. The standard InChI is InChI=1S/C17H19NO3/c1-8-10-4-6-13(20)16-17(10)7-11(18(8)2)9-3-5-12(19)15(21-16)14(9)17/h3-6,8,10-11,13,16,19-20H,7H2,1-2H3/t8-,10+,11?,13+,16+,17+/m1/s1. The lowest BCUT2D eigenvalue weighted by Gasteiger charge is -2.51. The SMILES string of the molecule is C[C@@H]1[C@@H]2C=C[C@H](O)[C@@H]3Oc4c(O)ccc5c4[C@]23CC5N1C. The molecule has 4 aliphatic rings. The van der Waals surface area contributed by atoms with Crippen LogP contribution in [0, 0.1) is 5.92 Å². The van der Waals surface area contributed by atoms with Gasteiger partial charge in [-0.1, -0.05) is 18.2 Å². The van der Waals surface area contributed by atoms with Gasteiger partial charge < -0.3 is 14.9 Å². The fourth-order valence-corrected chi connectivity index (χ4v) is 5.35. The third-order valence-corrected chi connectivity index (χ3v) is 6.35. The molecule has 1 aromatic rings. The highest BCUT2D eigenvalue weighted by Crippen LogP contribution is 2.67. The molecule has 0 aromatic heterocycles. The van der Waals surface area contributed by atoms with Crippen LogP contribution in [0.1, 0.15) is 30.5 Å². The number of aliphatic hydroxyl groups excluding tert-OH is 1. The van der Waals surface area contributed by atoms with E-state index < -0.39 is 6.10 Å². The third-order valence-electron chi connectivity index (χ3n) is 6.35. The maximum Gasteiger partial charge on any atom is 0.165 e. The number of fused-ring (bicyclic) bond motifs is 2. The highest BCUT2D eigenvalue weighted by molar-refractivity contribution is 5.63. The molecule has 6 atom stereocenters. The Hall–Kier alpha value is -1.52. The summed E-state index contributed by atoms with van der Waals surface area (Å²) < 4.78 is 6.06. The Bertz CT molecular complexity index is 685. The molecule has 0 saturated carbocycles. The molecule has 1 saturated heterocycles. The molecule has 2 N–H and O–H groups in total. The van der Waals surface area contributed by atoms with Crippen molar-refractivity contribution in [1.82, 2.24) is 4.90 Å². The fraction of sp³-hybridized carbons (Fsp3) is 0.529. The number of likely N-dealkylation sites (tertiary alicyclic amines) is 1. The minimum absolute atomic E-state index is 0.172. The van der Waals surface area contributed by atoms with Gasteiger partial charge >= 0.3 is 0 Å². The van der Waals surface area contributed by atoms with Crippen LogP contribution < -0.4 is 4.74 Å². The van der Waals surface area contributed by atoms with E-state index in [2.05, 4.69) is 24.9 Å². The van der Waals surface area contributed by atoms with Gasteiger partial charge in [0, 0.05) is 29.0 Å². The molecule has 2 bridgehead atoms. The van der Waals surface area contributed by atoms with Crippen LogP contribution >= 0.6 is 0 Å². The Morgan fingerprint density at radius 2 is 2.14 bits per heavy atom.